The molecule has 106 valence electrons. The molecule has 0 fully saturated rings. The molecule has 1 aromatic heterocycles. The van der Waals surface area contributed by atoms with Crippen LogP contribution in [0.25, 0.3) is 0 Å². The number of esters is 1. The molecule has 0 amide bonds. The minimum Gasteiger partial charge on any atom is -0.462 e. The third-order valence-electron chi connectivity index (χ3n) is 2.83. The molecular formula is C15H18N2O3. The minimum absolute atomic E-state index is 0.237. The number of carbonyl (C=O) groups excluding carboxylic acids is 1. The van der Waals surface area contributed by atoms with E-state index in [1.54, 1.807) is 31.6 Å². The molecule has 0 bridgehead atoms. The standard InChI is InChI=1S/C15H18N2O3/c1-3-19-14(17-10-9-16-11-17)12-5-7-13(8-6-12)15(18)20-4-2/h5-11,14H,3-4H2,1-2H3. The van der Waals surface area contributed by atoms with Crippen molar-refractivity contribution in [3.63, 3.8) is 0 Å². The maximum atomic E-state index is 11.6. The summed E-state index contributed by atoms with van der Waals surface area (Å²) >= 11 is 0. The molecule has 0 spiro atoms. The highest BCUT2D eigenvalue weighted by Crippen LogP contribution is 2.20. The van der Waals surface area contributed by atoms with E-state index < -0.39 is 0 Å². The molecule has 1 aromatic carbocycles. The summed E-state index contributed by atoms with van der Waals surface area (Å²) in [4.78, 5) is 15.6. The van der Waals surface area contributed by atoms with Gasteiger partial charge < -0.3 is 14.0 Å². The smallest absolute Gasteiger partial charge is 0.338 e. The number of aromatic nitrogens is 2. The normalized spacial score (nSPS) is 12.1. The maximum Gasteiger partial charge on any atom is 0.338 e. The molecule has 2 rings (SSSR count). The van der Waals surface area contributed by atoms with Crippen molar-refractivity contribution >= 4 is 5.97 Å². The first kappa shape index (κ1) is 14.3. The van der Waals surface area contributed by atoms with Gasteiger partial charge in [-0.3, -0.25) is 0 Å². The Kier molecular flexibility index (Phi) is 4.90. The number of rotatable bonds is 6. The van der Waals surface area contributed by atoms with E-state index >= 15 is 0 Å². The lowest BCUT2D eigenvalue weighted by Crippen LogP contribution is -2.13. The zero-order valence-electron chi connectivity index (χ0n) is 11.7. The van der Waals surface area contributed by atoms with Gasteiger partial charge >= 0.3 is 5.97 Å². The number of nitrogens with zero attached hydrogens (tertiary/aromatic N) is 2. The summed E-state index contributed by atoms with van der Waals surface area (Å²) in [7, 11) is 0. The lowest BCUT2D eigenvalue weighted by molar-refractivity contribution is 0.0408. The molecule has 1 heterocycles. The predicted octanol–water partition coefficient (Wildman–Crippen LogP) is 2.64. The van der Waals surface area contributed by atoms with Gasteiger partial charge in [-0.05, 0) is 26.0 Å². The summed E-state index contributed by atoms with van der Waals surface area (Å²) in [5.74, 6) is -0.311. The van der Waals surface area contributed by atoms with Crippen LogP contribution >= 0.6 is 0 Å². The monoisotopic (exact) mass is 274 g/mol. The molecule has 0 aliphatic rings. The van der Waals surface area contributed by atoms with Gasteiger partial charge in [0.25, 0.3) is 0 Å². The van der Waals surface area contributed by atoms with Crippen molar-refractivity contribution in [3.05, 3.63) is 54.1 Å². The summed E-state index contributed by atoms with van der Waals surface area (Å²) in [5.41, 5.74) is 1.49. The molecule has 0 radical (unpaired) electrons. The van der Waals surface area contributed by atoms with Crippen LogP contribution in [0.15, 0.2) is 43.0 Å². The van der Waals surface area contributed by atoms with Gasteiger partial charge in [-0.1, -0.05) is 12.1 Å². The Balaban J connectivity index is 2.20. The van der Waals surface area contributed by atoms with Crippen molar-refractivity contribution in [2.45, 2.75) is 20.1 Å². The van der Waals surface area contributed by atoms with Crippen LogP contribution < -0.4 is 0 Å². The van der Waals surface area contributed by atoms with Gasteiger partial charge in [-0.25, -0.2) is 9.78 Å². The van der Waals surface area contributed by atoms with Gasteiger partial charge in [0.15, 0.2) is 6.23 Å². The summed E-state index contributed by atoms with van der Waals surface area (Å²) in [6, 6.07) is 7.23. The SMILES string of the molecule is CCOC(=O)c1ccc(C(OCC)n2ccnc2)cc1. The molecule has 5 nitrogen and oxygen atoms in total. The average Bonchev–Trinajstić information content (AvgIpc) is 2.99. The second kappa shape index (κ2) is 6.86. The first-order chi connectivity index (χ1) is 9.76. The summed E-state index contributed by atoms with van der Waals surface area (Å²) in [6.07, 6.45) is 5.02. The lowest BCUT2D eigenvalue weighted by atomic mass is 10.1. The molecule has 0 aliphatic carbocycles. The van der Waals surface area contributed by atoms with E-state index in [1.165, 1.54) is 0 Å². The molecule has 5 heteroatoms. The molecule has 20 heavy (non-hydrogen) atoms. The van der Waals surface area contributed by atoms with E-state index in [9.17, 15) is 4.79 Å². The molecule has 2 aromatic rings. The van der Waals surface area contributed by atoms with Crippen LogP contribution in [0.4, 0.5) is 0 Å². The Hall–Kier alpha value is -2.14. The Morgan fingerprint density at radius 2 is 2.00 bits per heavy atom. The first-order valence-corrected chi connectivity index (χ1v) is 6.62. The van der Waals surface area contributed by atoms with Crippen LogP contribution in [0.3, 0.4) is 0 Å². The van der Waals surface area contributed by atoms with Crippen molar-refractivity contribution in [1.82, 2.24) is 9.55 Å². The molecule has 0 N–H and O–H groups in total. The first-order valence-electron chi connectivity index (χ1n) is 6.62. The topological polar surface area (TPSA) is 53.4 Å². The third kappa shape index (κ3) is 3.24. The number of ether oxygens (including phenoxy) is 2. The fourth-order valence-corrected chi connectivity index (χ4v) is 1.92. The van der Waals surface area contributed by atoms with Crippen molar-refractivity contribution in [1.29, 1.82) is 0 Å². The predicted molar refractivity (Wildman–Crippen MR) is 74.4 cm³/mol. The van der Waals surface area contributed by atoms with Crippen molar-refractivity contribution in [2.24, 2.45) is 0 Å². The second-order valence-corrected chi connectivity index (χ2v) is 4.16. The van der Waals surface area contributed by atoms with Gasteiger partial charge in [0, 0.05) is 24.6 Å². The van der Waals surface area contributed by atoms with Gasteiger partial charge in [0.05, 0.1) is 18.5 Å². The van der Waals surface area contributed by atoms with Crippen molar-refractivity contribution in [2.75, 3.05) is 13.2 Å². The average molecular weight is 274 g/mol. The van der Waals surface area contributed by atoms with E-state index in [-0.39, 0.29) is 12.2 Å². The Labute approximate surface area is 118 Å². The van der Waals surface area contributed by atoms with E-state index in [1.807, 2.05) is 29.8 Å². The van der Waals surface area contributed by atoms with Gasteiger partial charge in [-0.15, -0.1) is 0 Å². The van der Waals surface area contributed by atoms with E-state index in [4.69, 9.17) is 9.47 Å². The van der Waals surface area contributed by atoms with Crippen LogP contribution in [0.2, 0.25) is 0 Å². The number of imidazole rings is 1. The van der Waals surface area contributed by atoms with Crippen molar-refractivity contribution in [3.8, 4) is 0 Å². The van der Waals surface area contributed by atoms with E-state index in [0.29, 0.717) is 18.8 Å². The quantitative estimate of drug-likeness (QED) is 0.760. The van der Waals surface area contributed by atoms with Crippen LogP contribution in [0.1, 0.15) is 36.0 Å². The maximum absolute atomic E-state index is 11.6. The highest BCUT2D eigenvalue weighted by molar-refractivity contribution is 5.89. The lowest BCUT2D eigenvalue weighted by Gasteiger charge is -2.18. The highest BCUT2D eigenvalue weighted by atomic mass is 16.5. The molecular weight excluding hydrogens is 256 g/mol. The van der Waals surface area contributed by atoms with Crippen LogP contribution in [-0.4, -0.2) is 28.7 Å². The highest BCUT2D eigenvalue weighted by Gasteiger charge is 2.14. The zero-order valence-corrected chi connectivity index (χ0v) is 11.7. The fraction of sp³-hybridized carbons (Fsp3) is 0.333. The van der Waals surface area contributed by atoms with Crippen molar-refractivity contribution < 1.29 is 14.3 Å². The second-order valence-electron chi connectivity index (χ2n) is 4.16. The summed E-state index contributed by atoms with van der Waals surface area (Å²) in [6.45, 7) is 4.69. The molecule has 0 saturated heterocycles. The Bertz CT molecular complexity index is 535. The van der Waals surface area contributed by atoms with Gasteiger partial charge in [0.1, 0.15) is 0 Å². The molecule has 1 unspecified atom stereocenters. The van der Waals surface area contributed by atoms with E-state index in [2.05, 4.69) is 4.98 Å². The fourth-order valence-electron chi connectivity index (χ4n) is 1.92. The van der Waals surface area contributed by atoms with Crippen LogP contribution in [-0.2, 0) is 9.47 Å². The minimum atomic E-state index is -0.311. The van der Waals surface area contributed by atoms with E-state index in [0.717, 1.165) is 5.56 Å². The summed E-state index contributed by atoms with van der Waals surface area (Å²) < 4.78 is 12.6. The number of benzene rings is 1. The Morgan fingerprint density at radius 3 is 2.55 bits per heavy atom. The van der Waals surface area contributed by atoms with Gasteiger partial charge in [-0.2, -0.15) is 0 Å². The van der Waals surface area contributed by atoms with Gasteiger partial charge in [0.2, 0.25) is 0 Å². The van der Waals surface area contributed by atoms with Crippen LogP contribution in [0.5, 0.6) is 0 Å². The third-order valence-corrected chi connectivity index (χ3v) is 2.83. The largest absolute Gasteiger partial charge is 0.462 e. The zero-order chi connectivity index (χ0) is 14.4. The Morgan fingerprint density at radius 1 is 1.25 bits per heavy atom. The van der Waals surface area contributed by atoms with Crippen LogP contribution in [0, 0.1) is 0 Å². The molecule has 1 atom stereocenters. The summed E-state index contributed by atoms with van der Waals surface area (Å²) in [5, 5.41) is 0. The number of hydrogen-bond donors (Lipinski definition) is 0. The molecule has 0 aliphatic heterocycles. The number of carbonyl (C=O) groups is 1. The number of hydrogen-bond acceptors (Lipinski definition) is 4. The molecule has 0 saturated carbocycles.